The summed E-state index contributed by atoms with van der Waals surface area (Å²) in [5, 5.41) is 3.53. The van der Waals surface area contributed by atoms with Gasteiger partial charge in [0.05, 0.1) is 25.9 Å². The van der Waals surface area contributed by atoms with Gasteiger partial charge in [-0.1, -0.05) is 38.8 Å². The molecule has 0 aromatic heterocycles. The van der Waals surface area contributed by atoms with Crippen LogP contribution in [0.2, 0.25) is 0 Å². The van der Waals surface area contributed by atoms with Crippen molar-refractivity contribution >= 4 is 5.91 Å². The van der Waals surface area contributed by atoms with E-state index < -0.39 is 0 Å². The monoisotopic (exact) mass is 417 g/mol. The zero-order chi connectivity index (χ0) is 21.7. The van der Waals surface area contributed by atoms with Gasteiger partial charge in [0.15, 0.2) is 0 Å². The van der Waals surface area contributed by atoms with E-state index >= 15 is 0 Å². The van der Waals surface area contributed by atoms with Gasteiger partial charge in [0.25, 0.3) is 0 Å². The maximum Gasteiger partial charge on any atom is 0.236 e. The van der Waals surface area contributed by atoms with Crippen LogP contribution in [-0.4, -0.2) is 74.8 Å². The second kappa shape index (κ2) is 10.1. The second-order valence-corrected chi connectivity index (χ2v) is 9.32. The Hall–Kier alpha value is -1.63. The van der Waals surface area contributed by atoms with E-state index in [1.807, 2.05) is 0 Å². The molecular weight excluding hydrogens is 378 g/mol. The van der Waals surface area contributed by atoms with E-state index in [0.717, 1.165) is 44.8 Å². The number of hydrogen-bond acceptors (Lipinski definition) is 5. The first-order valence-corrected chi connectivity index (χ1v) is 11.3. The third-order valence-electron chi connectivity index (χ3n) is 6.63. The largest absolute Gasteiger partial charge is 0.496 e. The Bertz CT molecular complexity index is 718. The standard InChI is InChI=1S/C24H39N3O3/c1-18(2)19-9-10-21(29-5)20(14-19)16-27-12-13-30-24(17-27)11-7-6-8-22(24)25-15-23(28)26(3)4/h9-10,14,18,22,25H,6-8,11-13,15-17H2,1-5H3/t22-,24-/m0/s1. The molecular formula is C24H39N3O3. The SMILES string of the molecule is COc1ccc(C(C)C)cc1CN1CCO[C@@]2(CCCC[C@@H]2NCC(=O)N(C)C)C1. The van der Waals surface area contributed by atoms with Gasteiger partial charge in [-0.05, 0) is 30.4 Å². The number of benzene rings is 1. The Morgan fingerprint density at radius 3 is 2.87 bits per heavy atom. The van der Waals surface area contributed by atoms with Crippen molar-refractivity contribution in [3.05, 3.63) is 29.3 Å². The summed E-state index contributed by atoms with van der Waals surface area (Å²) < 4.78 is 12.1. The molecule has 0 unspecified atom stereocenters. The Morgan fingerprint density at radius 1 is 1.37 bits per heavy atom. The van der Waals surface area contributed by atoms with Gasteiger partial charge < -0.3 is 19.7 Å². The fourth-order valence-electron chi connectivity index (χ4n) is 4.77. The average Bonchev–Trinajstić information content (AvgIpc) is 2.73. The van der Waals surface area contributed by atoms with Crippen molar-refractivity contribution in [2.75, 3.05) is 47.4 Å². The van der Waals surface area contributed by atoms with Gasteiger partial charge in [-0.15, -0.1) is 0 Å². The predicted octanol–water partition coefficient (Wildman–Crippen LogP) is 3.01. The number of morpholine rings is 1. The molecule has 2 aliphatic rings. The van der Waals surface area contributed by atoms with Gasteiger partial charge in [0.2, 0.25) is 5.91 Å². The van der Waals surface area contributed by atoms with Crippen molar-refractivity contribution in [3.8, 4) is 5.75 Å². The first-order chi connectivity index (χ1) is 14.3. The molecule has 1 aliphatic carbocycles. The number of carbonyl (C=O) groups excluding carboxylic acids is 1. The first kappa shape index (κ1) is 23.0. The lowest BCUT2D eigenvalue weighted by Gasteiger charge is -2.50. The van der Waals surface area contributed by atoms with E-state index in [1.165, 1.54) is 24.0 Å². The first-order valence-electron chi connectivity index (χ1n) is 11.3. The Labute approximate surface area is 181 Å². The lowest BCUT2D eigenvalue weighted by atomic mass is 9.78. The van der Waals surface area contributed by atoms with Crippen LogP contribution in [0.4, 0.5) is 0 Å². The van der Waals surface area contributed by atoms with E-state index in [2.05, 4.69) is 42.3 Å². The van der Waals surface area contributed by atoms with Crippen LogP contribution in [0, 0.1) is 0 Å². The van der Waals surface area contributed by atoms with Gasteiger partial charge in [-0.3, -0.25) is 9.69 Å². The second-order valence-electron chi connectivity index (χ2n) is 9.32. The molecule has 168 valence electrons. The summed E-state index contributed by atoms with van der Waals surface area (Å²) in [6, 6.07) is 6.76. The highest BCUT2D eigenvalue weighted by Crippen LogP contribution is 2.36. The minimum Gasteiger partial charge on any atom is -0.496 e. The van der Waals surface area contributed by atoms with Crippen molar-refractivity contribution in [1.29, 1.82) is 0 Å². The van der Waals surface area contributed by atoms with Crippen LogP contribution in [0.25, 0.3) is 0 Å². The maximum atomic E-state index is 12.1. The molecule has 6 heteroatoms. The molecule has 30 heavy (non-hydrogen) atoms. The van der Waals surface area contributed by atoms with E-state index in [1.54, 1.807) is 26.1 Å². The molecule has 1 heterocycles. The summed E-state index contributed by atoms with van der Waals surface area (Å²) in [7, 11) is 5.36. The summed E-state index contributed by atoms with van der Waals surface area (Å²) >= 11 is 0. The molecule has 0 bridgehead atoms. The van der Waals surface area contributed by atoms with Crippen molar-refractivity contribution in [2.45, 2.75) is 63.6 Å². The smallest absolute Gasteiger partial charge is 0.236 e. The maximum absolute atomic E-state index is 12.1. The summed E-state index contributed by atoms with van der Waals surface area (Å²) in [5.41, 5.74) is 2.36. The molecule has 1 saturated carbocycles. The Balaban J connectivity index is 1.73. The van der Waals surface area contributed by atoms with Crippen molar-refractivity contribution in [1.82, 2.24) is 15.1 Å². The molecule has 0 radical (unpaired) electrons. The number of methoxy groups -OCH3 is 1. The molecule has 1 spiro atoms. The van der Waals surface area contributed by atoms with Gasteiger partial charge in [0, 0.05) is 45.3 Å². The van der Waals surface area contributed by atoms with E-state index in [4.69, 9.17) is 9.47 Å². The van der Waals surface area contributed by atoms with Crippen LogP contribution in [-0.2, 0) is 16.1 Å². The third kappa shape index (κ3) is 5.34. The molecule has 6 nitrogen and oxygen atoms in total. The fraction of sp³-hybridized carbons (Fsp3) is 0.708. The topological polar surface area (TPSA) is 54.0 Å². The molecule has 1 aliphatic heterocycles. The zero-order valence-corrected chi connectivity index (χ0v) is 19.4. The summed E-state index contributed by atoms with van der Waals surface area (Å²) in [6.45, 7) is 8.21. The van der Waals surface area contributed by atoms with E-state index in [-0.39, 0.29) is 17.6 Å². The molecule has 2 fully saturated rings. The van der Waals surface area contributed by atoms with Crippen molar-refractivity contribution in [3.63, 3.8) is 0 Å². The summed E-state index contributed by atoms with van der Waals surface area (Å²) in [4.78, 5) is 16.3. The number of likely N-dealkylation sites (N-methyl/N-ethyl adjacent to an activating group) is 1. The highest BCUT2D eigenvalue weighted by Gasteiger charge is 2.45. The molecule has 1 amide bonds. The minimum absolute atomic E-state index is 0.110. The van der Waals surface area contributed by atoms with Gasteiger partial charge in [0.1, 0.15) is 5.75 Å². The number of carbonyl (C=O) groups is 1. The number of amides is 1. The van der Waals surface area contributed by atoms with Gasteiger partial charge in [-0.2, -0.15) is 0 Å². The molecule has 1 aromatic carbocycles. The quantitative estimate of drug-likeness (QED) is 0.739. The van der Waals surface area contributed by atoms with Crippen molar-refractivity contribution < 1.29 is 14.3 Å². The van der Waals surface area contributed by atoms with Gasteiger partial charge >= 0.3 is 0 Å². The lowest BCUT2D eigenvalue weighted by molar-refractivity contribution is -0.147. The van der Waals surface area contributed by atoms with E-state index in [9.17, 15) is 4.79 Å². The lowest BCUT2D eigenvalue weighted by Crippen LogP contribution is -2.63. The Morgan fingerprint density at radius 2 is 2.17 bits per heavy atom. The number of nitrogens with one attached hydrogen (secondary N) is 1. The molecule has 1 N–H and O–H groups in total. The Kier molecular flexibility index (Phi) is 7.77. The van der Waals surface area contributed by atoms with Crippen LogP contribution in [0.5, 0.6) is 5.75 Å². The minimum atomic E-state index is -0.216. The normalized spacial score (nSPS) is 24.9. The zero-order valence-electron chi connectivity index (χ0n) is 19.4. The van der Waals surface area contributed by atoms with E-state index in [0.29, 0.717) is 12.5 Å². The number of ether oxygens (including phenoxy) is 2. The fourth-order valence-corrected chi connectivity index (χ4v) is 4.77. The van der Waals surface area contributed by atoms with Crippen molar-refractivity contribution in [2.24, 2.45) is 0 Å². The molecule has 1 aromatic rings. The highest BCUT2D eigenvalue weighted by molar-refractivity contribution is 5.77. The predicted molar refractivity (Wildman–Crippen MR) is 120 cm³/mol. The summed E-state index contributed by atoms with van der Waals surface area (Å²) in [5.74, 6) is 1.56. The highest BCUT2D eigenvalue weighted by atomic mass is 16.5. The van der Waals surface area contributed by atoms with Crippen LogP contribution >= 0.6 is 0 Å². The summed E-state index contributed by atoms with van der Waals surface area (Å²) in [6.07, 6.45) is 4.46. The molecule has 2 atom stereocenters. The van der Waals surface area contributed by atoms with Crippen LogP contribution < -0.4 is 10.1 Å². The number of nitrogens with zero attached hydrogens (tertiary/aromatic N) is 2. The van der Waals surface area contributed by atoms with Crippen LogP contribution in [0.15, 0.2) is 18.2 Å². The third-order valence-corrected chi connectivity index (χ3v) is 6.63. The number of rotatable bonds is 7. The van der Waals surface area contributed by atoms with Crippen LogP contribution in [0.3, 0.4) is 0 Å². The van der Waals surface area contributed by atoms with Gasteiger partial charge in [-0.25, -0.2) is 0 Å². The van der Waals surface area contributed by atoms with Crippen LogP contribution in [0.1, 0.15) is 56.6 Å². The molecule has 1 saturated heterocycles. The molecule has 3 rings (SSSR count). The average molecular weight is 418 g/mol. The number of hydrogen-bond donors (Lipinski definition) is 1.